The van der Waals surface area contributed by atoms with E-state index in [1.807, 2.05) is 11.7 Å². The summed E-state index contributed by atoms with van der Waals surface area (Å²) in [6.45, 7) is 7.75. The first kappa shape index (κ1) is 12.9. The van der Waals surface area contributed by atoms with Crippen molar-refractivity contribution >= 4 is 17.4 Å². The zero-order valence-electron chi connectivity index (χ0n) is 11.7. The van der Waals surface area contributed by atoms with Crippen molar-refractivity contribution in [1.82, 2.24) is 9.78 Å². The molecule has 1 aliphatic rings. The van der Waals surface area contributed by atoms with Gasteiger partial charge in [0, 0.05) is 13.6 Å². The van der Waals surface area contributed by atoms with Crippen LogP contribution in [0.5, 0.6) is 0 Å². The second-order valence-electron chi connectivity index (χ2n) is 5.34. The maximum atomic E-state index is 11.8. The Morgan fingerprint density at radius 2 is 2.17 bits per heavy atom. The molecular weight excluding hydrogens is 228 g/mol. The second kappa shape index (κ2) is 5.00. The summed E-state index contributed by atoms with van der Waals surface area (Å²) in [7, 11) is 1.95. The van der Waals surface area contributed by atoms with Gasteiger partial charge in [-0.15, -0.1) is 0 Å². The van der Waals surface area contributed by atoms with E-state index in [2.05, 4.69) is 36.1 Å². The normalized spacial score (nSPS) is 14.9. The standard InChI is InChI=1S/C13H22N4O/c1-5-6-10-12-13(16(4)15-10)17(7-9(2)3)8-11(18)14-12/h9H,5-8H2,1-4H3,(H,14,18). The quantitative estimate of drug-likeness (QED) is 0.886. The maximum absolute atomic E-state index is 11.8. The number of aryl methyl sites for hydroxylation is 2. The van der Waals surface area contributed by atoms with E-state index >= 15 is 0 Å². The molecule has 5 heteroatoms. The van der Waals surface area contributed by atoms with Crippen molar-refractivity contribution < 1.29 is 4.79 Å². The number of carbonyl (C=O) groups excluding carboxylic acids is 1. The summed E-state index contributed by atoms with van der Waals surface area (Å²) in [6, 6.07) is 0. The van der Waals surface area contributed by atoms with Crippen molar-refractivity contribution in [2.75, 3.05) is 23.3 Å². The van der Waals surface area contributed by atoms with Gasteiger partial charge in [0.05, 0.1) is 12.2 Å². The highest BCUT2D eigenvalue weighted by molar-refractivity contribution is 6.01. The third-order valence-electron chi connectivity index (χ3n) is 3.06. The molecule has 1 amide bonds. The molecule has 1 N–H and O–H groups in total. The first-order valence-electron chi connectivity index (χ1n) is 6.63. The highest BCUT2D eigenvalue weighted by Gasteiger charge is 2.28. The van der Waals surface area contributed by atoms with Gasteiger partial charge < -0.3 is 10.2 Å². The lowest BCUT2D eigenvalue weighted by Crippen LogP contribution is -2.41. The lowest BCUT2D eigenvalue weighted by molar-refractivity contribution is -0.115. The van der Waals surface area contributed by atoms with E-state index in [0.717, 1.165) is 36.6 Å². The third kappa shape index (κ3) is 2.35. The van der Waals surface area contributed by atoms with Gasteiger partial charge in [0.15, 0.2) is 5.82 Å². The number of rotatable bonds is 4. The van der Waals surface area contributed by atoms with E-state index in [0.29, 0.717) is 12.5 Å². The number of nitrogens with one attached hydrogen (secondary N) is 1. The van der Waals surface area contributed by atoms with Gasteiger partial charge in [-0.25, -0.2) is 0 Å². The SMILES string of the molecule is CCCc1nn(C)c2c1NC(=O)CN2CC(C)C. The van der Waals surface area contributed by atoms with E-state index < -0.39 is 0 Å². The number of fused-ring (bicyclic) bond motifs is 1. The molecule has 18 heavy (non-hydrogen) atoms. The van der Waals surface area contributed by atoms with Crippen LogP contribution >= 0.6 is 0 Å². The Morgan fingerprint density at radius 1 is 1.44 bits per heavy atom. The largest absolute Gasteiger partial charge is 0.346 e. The number of nitrogens with zero attached hydrogens (tertiary/aromatic N) is 3. The van der Waals surface area contributed by atoms with Gasteiger partial charge in [0.1, 0.15) is 5.69 Å². The van der Waals surface area contributed by atoms with Gasteiger partial charge >= 0.3 is 0 Å². The van der Waals surface area contributed by atoms with Gasteiger partial charge in [0.2, 0.25) is 5.91 Å². The van der Waals surface area contributed by atoms with E-state index in [1.54, 1.807) is 0 Å². The molecular formula is C13H22N4O. The maximum Gasteiger partial charge on any atom is 0.244 e. The Balaban J connectivity index is 2.38. The lowest BCUT2D eigenvalue weighted by Gasteiger charge is -2.30. The zero-order chi connectivity index (χ0) is 13.3. The first-order valence-corrected chi connectivity index (χ1v) is 6.63. The minimum Gasteiger partial charge on any atom is -0.346 e. The molecule has 0 bridgehead atoms. The van der Waals surface area contributed by atoms with E-state index in [-0.39, 0.29) is 5.91 Å². The van der Waals surface area contributed by atoms with Crippen molar-refractivity contribution in [2.45, 2.75) is 33.6 Å². The van der Waals surface area contributed by atoms with Crippen LogP contribution in [0.3, 0.4) is 0 Å². The summed E-state index contributed by atoms with van der Waals surface area (Å²) in [5.74, 6) is 1.63. The predicted octanol–water partition coefficient (Wildman–Crippen LogP) is 1.79. The van der Waals surface area contributed by atoms with Gasteiger partial charge in [-0.05, 0) is 12.3 Å². The summed E-state index contributed by atoms with van der Waals surface area (Å²) < 4.78 is 1.89. The predicted molar refractivity (Wildman–Crippen MR) is 72.9 cm³/mol. The van der Waals surface area contributed by atoms with Crippen LogP contribution in [0.4, 0.5) is 11.5 Å². The average Bonchev–Trinajstić information content (AvgIpc) is 2.55. The Morgan fingerprint density at radius 3 is 2.78 bits per heavy atom. The fraction of sp³-hybridized carbons (Fsp3) is 0.692. The molecule has 5 nitrogen and oxygen atoms in total. The van der Waals surface area contributed by atoms with Gasteiger partial charge in [-0.1, -0.05) is 27.2 Å². The summed E-state index contributed by atoms with van der Waals surface area (Å²) in [5.41, 5.74) is 1.91. The van der Waals surface area contributed by atoms with Crippen molar-refractivity contribution in [1.29, 1.82) is 0 Å². The number of amides is 1. The summed E-state index contributed by atoms with van der Waals surface area (Å²) in [4.78, 5) is 13.9. The van der Waals surface area contributed by atoms with Gasteiger partial charge in [-0.3, -0.25) is 9.48 Å². The molecule has 0 saturated heterocycles. The van der Waals surface area contributed by atoms with Crippen LogP contribution < -0.4 is 10.2 Å². The fourth-order valence-electron chi connectivity index (χ4n) is 2.49. The first-order chi connectivity index (χ1) is 8.52. The lowest BCUT2D eigenvalue weighted by atomic mass is 10.1. The molecule has 1 aliphatic heterocycles. The summed E-state index contributed by atoms with van der Waals surface area (Å²) in [6.07, 6.45) is 1.93. The second-order valence-corrected chi connectivity index (χ2v) is 5.34. The molecule has 0 unspecified atom stereocenters. The van der Waals surface area contributed by atoms with Crippen LogP contribution in [0.15, 0.2) is 0 Å². The van der Waals surface area contributed by atoms with E-state index in [1.165, 1.54) is 0 Å². The number of carbonyl (C=O) groups is 1. The topological polar surface area (TPSA) is 50.2 Å². The molecule has 0 fully saturated rings. The molecule has 0 atom stereocenters. The Kier molecular flexibility index (Phi) is 3.59. The van der Waals surface area contributed by atoms with Gasteiger partial charge in [0.25, 0.3) is 0 Å². The van der Waals surface area contributed by atoms with Crippen molar-refractivity contribution in [3.05, 3.63) is 5.69 Å². The smallest absolute Gasteiger partial charge is 0.244 e. The monoisotopic (exact) mass is 250 g/mol. The number of hydrogen-bond acceptors (Lipinski definition) is 3. The van der Waals surface area contributed by atoms with Crippen molar-refractivity contribution in [2.24, 2.45) is 13.0 Å². The molecule has 100 valence electrons. The van der Waals surface area contributed by atoms with Crippen LogP contribution in [0.2, 0.25) is 0 Å². The number of anilines is 2. The minimum absolute atomic E-state index is 0.0634. The molecule has 2 rings (SSSR count). The number of aromatic nitrogens is 2. The van der Waals surface area contributed by atoms with E-state index in [4.69, 9.17) is 0 Å². The Bertz CT molecular complexity index is 450. The van der Waals surface area contributed by atoms with E-state index in [9.17, 15) is 4.79 Å². The van der Waals surface area contributed by atoms with Crippen LogP contribution in [0.25, 0.3) is 0 Å². The third-order valence-corrected chi connectivity index (χ3v) is 3.06. The van der Waals surface area contributed by atoms with Crippen LogP contribution in [0.1, 0.15) is 32.9 Å². The fourth-order valence-corrected chi connectivity index (χ4v) is 2.49. The molecule has 0 aromatic carbocycles. The highest BCUT2D eigenvalue weighted by Crippen LogP contribution is 2.33. The minimum atomic E-state index is 0.0634. The molecule has 1 aromatic rings. The number of hydrogen-bond donors (Lipinski definition) is 1. The van der Waals surface area contributed by atoms with Crippen LogP contribution in [-0.2, 0) is 18.3 Å². The zero-order valence-corrected chi connectivity index (χ0v) is 11.7. The average molecular weight is 250 g/mol. The molecule has 0 radical (unpaired) electrons. The van der Waals surface area contributed by atoms with Crippen LogP contribution in [-0.4, -0.2) is 28.8 Å². The Hall–Kier alpha value is -1.52. The van der Waals surface area contributed by atoms with Crippen molar-refractivity contribution in [3.8, 4) is 0 Å². The highest BCUT2D eigenvalue weighted by atomic mass is 16.2. The molecule has 1 aromatic heterocycles. The summed E-state index contributed by atoms with van der Waals surface area (Å²) >= 11 is 0. The molecule has 0 spiro atoms. The molecule has 0 aliphatic carbocycles. The van der Waals surface area contributed by atoms with Gasteiger partial charge in [-0.2, -0.15) is 5.10 Å². The van der Waals surface area contributed by atoms with Crippen LogP contribution in [0, 0.1) is 5.92 Å². The summed E-state index contributed by atoms with van der Waals surface area (Å²) in [5, 5.41) is 7.51. The Labute approximate surface area is 108 Å². The van der Waals surface area contributed by atoms with Crippen molar-refractivity contribution in [3.63, 3.8) is 0 Å². The molecule has 0 saturated carbocycles. The molecule has 2 heterocycles.